The molecule has 16 heavy (non-hydrogen) atoms. The summed E-state index contributed by atoms with van der Waals surface area (Å²) in [5.41, 5.74) is -0.790. The third kappa shape index (κ3) is 2.25. The summed E-state index contributed by atoms with van der Waals surface area (Å²) in [5.74, 6) is -7.45. The van der Waals surface area contributed by atoms with Gasteiger partial charge in [0.2, 0.25) is 11.6 Å². The van der Waals surface area contributed by atoms with Crippen molar-refractivity contribution in [3.63, 3.8) is 0 Å². The Bertz CT molecular complexity index is 460. The van der Waals surface area contributed by atoms with Crippen molar-refractivity contribution in [1.82, 2.24) is 4.98 Å². The van der Waals surface area contributed by atoms with Gasteiger partial charge in [-0.15, -0.1) is 0 Å². The highest BCUT2D eigenvalue weighted by atomic mass is 32.1. The molecule has 0 bridgehead atoms. The van der Waals surface area contributed by atoms with Crippen molar-refractivity contribution < 1.29 is 17.6 Å². The van der Waals surface area contributed by atoms with Crippen LogP contribution in [0.15, 0.2) is 0 Å². The van der Waals surface area contributed by atoms with Gasteiger partial charge in [-0.1, -0.05) is 0 Å². The fourth-order valence-corrected chi connectivity index (χ4v) is 1.30. The minimum Gasteiger partial charge on any atom is -0.218 e. The largest absolute Gasteiger partial charge is 0.252 e. The van der Waals surface area contributed by atoms with Crippen molar-refractivity contribution in [1.29, 1.82) is 5.26 Å². The molecule has 0 aromatic carbocycles. The van der Waals surface area contributed by atoms with Crippen molar-refractivity contribution in [3.05, 3.63) is 29.1 Å². The number of thiol groups is 2. The molecule has 0 aliphatic carbocycles. The lowest BCUT2D eigenvalue weighted by molar-refractivity contribution is 0.383. The van der Waals surface area contributed by atoms with Crippen LogP contribution in [0.3, 0.4) is 0 Å². The molecule has 0 aliphatic heterocycles. The summed E-state index contributed by atoms with van der Waals surface area (Å²) in [6.45, 7) is 0. The summed E-state index contributed by atoms with van der Waals surface area (Å²) in [6.07, 6.45) is 0. The molecule has 0 radical (unpaired) electrons. The highest BCUT2D eigenvalue weighted by Gasteiger charge is 2.27. The van der Waals surface area contributed by atoms with Gasteiger partial charge in [-0.05, 0) is 0 Å². The zero-order valence-electron chi connectivity index (χ0n) is 7.46. The predicted octanol–water partition coefficient (Wildman–Crippen LogP) is 2.43. The summed E-state index contributed by atoms with van der Waals surface area (Å²) in [6, 6.07) is 1.59. The average Bonchev–Trinajstić information content (AvgIpc) is 2.29. The predicted molar refractivity (Wildman–Crippen MR) is 54.2 cm³/mol. The fourth-order valence-electron chi connectivity index (χ4n) is 0.919. The van der Waals surface area contributed by atoms with E-state index in [1.54, 1.807) is 6.07 Å². The lowest BCUT2D eigenvalue weighted by Gasteiger charge is -2.12. The molecule has 0 amide bonds. The molecule has 86 valence electrons. The van der Waals surface area contributed by atoms with Gasteiger partial charge in [0.25, 0.3) is 5.95 Å². The number of halogens is 4. The van der Waals surface area contributed by atoms with Crippen LogP contribution in [0.4, 0.5) is 17.6 Å². The summed E-state index contributed by atoms with van der Waals surface area (Å²) in [5, 5.41) is 6.07. The second-order valence-electron chi connectivity index (χ2n) is 2.75. The summed E-state index contributed by atoms with van der Waals surface area (Å²) in [7, 11) is 0. The first-order valence-electron chi connectivity index (χ1n) is 3.85. The van der Waals surface area contributed by atoms with Crippen LogP contribution in [0.1, 0.15) is 10.9 Å². The molecular weight excluding hydrogens is 264 g/mol. The van der Waals surface area contributed by atoms with Crippen molar-refractivity contribution in [2.75, 3.05) is 0 Å². The Morgan fingerprint density at radius 3 is 2.12 bits per heavy atom. The van der Waals surface area contributed by atoms with Crippen LogP contribution in [-0.4, -0.2) is 10.2 Å². The molecule has 0 spiro atoms. The van der Waals surface area contributed by atoms with E-state index in [9.17, 15) is 17.6 Å². The maximum atomic E-state index is 13.2. The number of hydrogen-bond acceptors (Lipinski definition) is 4. The normalized spacial score (nSPS) is 14.3. The van der Waals surface area contributed by atoms with Crippen LogP contribution >= 0.6 is 25.3 Å². The number of nitriles is 1. The maximum absolute atomic E-state index is 13.2. The monoisotopic (exact) mass is 268 g/mol. The average molecular weight is 268 g/mol. The maximum Gasteiger partial charge on any atom is 0.252 e. The van der Waals surface area contributed by atoms with Gasteiger partial charge in [-0.3, -0.25) is 0 Å². The van der Waals surface area contributed by atoms with E-state index < -0.39 is 39.6 Å². The molecule has 1 aromatic rings. The van der Waals surface area contributed by atoms with Gasteiger partial charge in [0.1, 0.15) is 5.25 Å². The van der Waals surface area contributed by atoms with Gasteiger partial charge in [0, 0.05) is 0 Å². The van der Waals surface area contributed by atoms with Crippen LogP contribution in [0, 0.1) is 34.7 Å². The molecule has 8 heteroatoms. The SMILES string of the molecule is N#CC(S)C(S)c1nc(F)c(F)c(F)c1F. The summed E-state index contributed by atoms with van der Waals surface area (Å²) in [4.78, 5) is 2.87. The second-order valence-corrected chi connectivity index (χ2v) is 3.86. The Morgan fingerprint density at radius 1 is 1.06 bits per heavy atom. The topological polar surface area (TPSA) is 36.7 Å². The molecule has 0 saturated carbocycles. The molecule has 2 nitrogen and oxygen atoms in total. The number of hydrogen-bond donors (Lipinski definition) is 2. The van der Waals surface area contributed by atoms with Crippen molar-refractivity contribution in [2.45, 2.75) is 10.5 Å². The number of aromatic nitrogens is 1. The van der Waals surface area contributed by atoms with Crippen LogP contribution < -0.4 is 0 Å². The molecule has 2 atom stereocenters. The number of pyridine rings is 1. The quantitative estimate of drug-likeness (QED) is 0.491. The van der Waals surface area contributed by atoms with Crippen molar-refractivity contribution >= 4 is 25.3 Å². The molecule has 1 rings (SSSR count). The van der Waals surface area contributed by atoms with E-state index >= 15 is 0 Å². The number of rotatable bonds is 2. The zero-order chi connectivity index (χ0) is 12.5. The summed E-state index contributed by atoms with van der Waals surface area (Å²) >= 11 is 7.43. The van der Waals surface area contributed by atoms with E-state index in [-0.39, 0.29) is 0 Å². The Morgan fingerprint density at radius 2 is 1.62 bits per heavy atom. The van der Waals surface area contributed by atoms with Gasteiger partial charge >= 0.3 is 0 Å². The standard InChI is InChI=1S/C8H4F4N2S2/c9-3-4(10)6(7(16)2(15)1-13)14-8(12)5(3)11/h2,7,15-16H. The van der Waals surface area contributed by atoms with Gasteiger partial charge < -0.3 is 0 Å². The lowest BCUT2D eigenvalue weighted by atomic mass is 10.2. The molecule has 1 aromatic heterocycles. The third-order valence-corrected chi connectivity index (χ3v) is 2.91. The van der Waals surface area contributed by atoms with Crippen molar-refractivity contribution in [2.24, 2.45) is 0 Å². The smallest absolute Gasteiger partial charge is 0.218 e. The second kappa shape index (κ2) is 4.93. The van der Waals surface area contributed by atoms with E-state index in [4.69, 9.17) is 5.26 Å². The van der Waals surface area contributed by atoms with E-state index in [1.165, 1.54) is 0 Å². The lowest BCUT2D eigenvalue weighted by Crippen LogP contribution is -2.13. The Balaban J connectivity index is 3.31. The third-order valence-electron chi connectivity index (χ3n) is 1.72. The highest BCUT2D eigenvalue weighted by molar-refractivity contribution is 7.85. The first-order valence-corrected chi connectivity index (χ1v) is 4.89. The molecule has 0 N–H and O–H groups in total. The van der Waals surface area contributed by atoms with Crippen LogP contribution in [-0.2, 0) is 0 Å². The van der Waals surface area contributed by atoms with Gasteiger partial charge in [0.15, 0.2) is 5.82 Å². The minimum atomic E-state index is -2.01. The van der Waals surface area contributed by atoms with E-state index in [0.717, 1.165) is 0 Å². The van der Waals surface area contributed by atoms with Gasteiger partial charge in [0.05, 0.1) is 17.0 Å². The minimum absolute atomic E-state index is 0.790. The Hall–Kier alpha value is -0.940. The molecule has 0 saturated heterocycles. The molecule has 0 aliphatic rings. The van der Waals surface area contributed by atoms with E-state index in [1.807, 2.05) is 0 Å². The zero-order valence-corrected chi connectivity index (χ0v) is 9.24. The van der Waals surface area contributed by atoms with Crippen molar-refractivity contribution in [3.8, 4) is 6.07 Å². The molecule has 1 heterocycles. The first-order chi connectivity index (χ1) is 7.40. The van der Waals surface area contributed by atoms with Gasteiger partial charge in [-0.2, -0.15) is 39.3 Å². The molecule has 2 unspecified atom stereocenters. The molecule has 0 fully saturated rings. The fraction of sp³-hybridized carbons (Fsp3) is 0.250. The van der Waals surface area contributed by atoms with E-state index in [2.05, 4.69) is 30.2 Å². The highest BCUT2D eigenvalue weighted by Crippen LogP contribution is 2.29. The Labute approximate surface area is 99.1 Å². The van der Waals surface area contributed by atoms with Crippen LogP contribution in [0.2, 0.25) is 0 Å². The first kappa shape index (κ1) is 13.1. The summed E-state index contributed by atoms with van der Waals surface area (Å²) < 4.78 is 51.2. The van der Waals surface area contributed by atoms with Crippen LogP contribution in [0.25, 0.3) is 0 Å². The number of nitrogens with zero attached hydrogens (tertiary/aromatic N) is 2. The van der Waals surface area contributed by atoms with E-state index in [0.29, 0.717) is 0 Å². The van der Waals surface area contributed by atoms with Crippen LogP contribution in [0.5, 0.6) is 0 Å². The Kier molecular flexibility index (Phi) is 4.04. The molecular formula is C8H4F4N2S2. The van der Waals surface area contributed by atoms with Gasteiger partial charge in [-0.25, -0.2) is 13.8 Å².